The van der Waals surface area contributed by atoms with Crippen LogP contribution in [0.3, 0.4) is 0 Å². The van der Waals surface area contributed by atoms with Crippen molar-refractivity contribution >= 4 is 11.6 Å². The molecule has 0 unspecified atom stereocenters. The van der Waals surface area contributed by atoms with Crippen molar-refractivity contribution in [3.8, 4) is 0 Å². The van der Waals surface area contributed by atoms with Crippen molar-refractivity contribution in [3.05, 3.63) is 29.8 Å². The number of carbonyl (C=O) groups excluding carboxylic acids is 1. The second kappa shape index (κ2) is 7.90. The number of nitrogens with one attached hydrogen (secondary N) is 2. The number of anilines is 1. The zero-order valence-corrected chi connectivity index (χ0v) is 13.0. The highest BCUT2D eigenvalue weighted by molar-refractivity contribution is 5.78. The first-order valence-electron chi connectivity index (χ1n) is 7.11. The molecule has 0 aliphatic rings. The van der Waals surface area contributed by atoms with Gasteiger partial charge in [-0.15, -0.1) is 0 Å². The maximum atomic E-state index is 11.5. The summed E-state index contributed by atoms with van der Waals surface area (Å²) < 4.78 is 5.38. The SMILES string of the molecule is CCNC(=O)Cc1ccc(NCCC(C)(C)OC)cc1. The van der Waals surface area contributed by atoms with Gasteiger partial charge in [0.15, 0.2) is 0 Å². The van der Waals surface area contributed by atoms with Gasteiger partial charge in [0.1, 0.15) is 0 Å². The maximum absolute atomic E-state index is 11.5. The summed E-state index contributed by atoms with van der Waals surface area (Å²) in [6.07, 6.45) is 1.37. The summed E-state index contributed by atoms with van der Waals surface area (Å²) in [4.78, 5) is 11.5. The fourth-order valence-corrected chi connectivity index (χ4v) is 1.80. The molecule has 0 atom stereocenters. The van der Waals surface area contributed by atoms with Gasteiger partial charge in [0.25, 0.3) is 0 Å². The standard InChI is InChI=1S/C16H26N2O2/c1-5-17-15(19)12-13-6-8-14(9-7-13)18-11-10-16(2,3)20-4/h6-9,18H,5,10-12H2,1-4H3,(H,17,19). The fourth-order valence-electron chi connectivity index (χ4n) is 1.80. The number of carbonyl (C=O) groups is 1. The summed E-state index contributed by atoms with van der Waals surface area (Å²) in [5, 5.41) is 6.16. The minimum Gasteiger partial charge on any atom is -0.385 e. The van der Waals surface area contributed by atoms with Crippen LogP contribution in [0.4, 0.5) is 5.69 Å². The number of hydrogen-bond acceptors (Lipinski definition) is 3. The Morgan fingerprint density at radius 3 is 2.45 bits per heavy atom. The zero-order valence-electron chi connectivity index (χ0n) is 13.0. The van der Waals surface area contributed by atoms with Crippen molar-refractivity contribution < 1.29 is 9.53 Å². The summed E-state index contributed by atoms with van der Waals surface area (Å²) in [7, 11) is 1.73. The molecule has 0 aliphatic carbocycles. The Kier molecular flexibility index (Phi) is 6.52. The molecule has 0 spiro atoms. The molecular weight excluding hydrogens is 252 g/mol. The van der Waals surface area contributed by atoms with Crippen LogP contribution in [-0.2, 0) is 16.0 Å². The van der Waals surface area contributed by atoms with E-state index in [1.165, 1.54) is 0 Å². The molecule has 0 heterocycles. The Hall–Kier alpha value is -1.55. The average Bonchev–Trinajstić information content (AvgIpc) is 2.41. The van der Waals surface area contributed by atoms with Gasteiger partial charge in [0.05, 0.1) is 12.0 Å². The number of methoxy groups -OCH3 is 1. The van der Waals surface area contributed by atoms with Gasteiger partial charge >= 0.3 is 0 Å². The lowest BCUT2D eigenvalue weighted by Crippen LogP contribution is -2.25. The Bertz CT molecular complexity index is 413. The van der Waals surface area contributed by atoms with Crippen LogP contribution in [0.1, 0.15) is 32.8 Å². The Morgan fingerprint density at radius 1 is 1.25 bits per heavy atom. The summed E-state index contributed by atoms with van der Waals surface area (Å²) in [6, 6.07) is 7.99. The van der Waals surface area contributed by atoms with Crippen LogP contribution in [0.25, 0.3) is 0 Å². The van der Waals surface area contributed by atoms with Gasteiger partial charge in [-0.05, 0) is 44.9 Å². The van der Waals surface area contributed by atoms with E-state index in [1.807, 2.05) is 31.2 Å². The van der Waals surface area contributed by atoms with Crippen molar-refractivity contribution in [1.82, 2.24) is 5.32 Å². The third-order valence-corrected chi connectivity index (χ3v) is 3.30. The number of likely N-dealkylation sites (N-methyl/N-ethyl adjacent to an activating group) is 1. The van der Waals surface area contributed by atoms with Gasteiger partial charge in [-0.3, -0.25) is 4.79 Å². The van der Waals surface area contributed by atoms with E-state index in [0.29, 0.717) is 13.0 Å². The van der Waals surface area contributed by atoms with E-state index in [-0.39, 0.29) is 11.5 Å². The van der Waals surface area contributed by atoms with Crippen molar-refractivity contribution in [2.75, 3.05) is 25.5 Å². The van der Waals surface area contributed by atoms with Crippen LogP contribution in [0.15, 0.2) is 24.3 Å². The Labute approximate surface area is 121 Å². The van der Waals surface area contributed by atoms with Gasteiger partial charge in [0.2, 0.25) is 5.91 Å². The van der Waals surface area contributed by atoms with Crippen LogP contribution < -0.4 is 10.6 Å². The lowest BCUT2D eigenvalue weighted by atomic mass is 10.1. The number of ether oxygens (including phenoxy) is 1. The minimum absolute atomic E-state index is 0.0649. The molecule has 0 fully saturated rings. The highest BCUT2D eigenvalue weighted by Crippen LogP contribution is 2.14. The molecular formula is C16H26N2O2. The Balaban J connectivity index is 2.41. The van der Waals surface area contributed by atoms with E-state index in [4.69, 9.17) is 4.74 Å². The molecule has 112 valence electrons. The largest absolute Gasteiger partial charge is 0.385 e. The Morgan fingerprint density at radius 2 is 1.90 bits per heavy atom. The van der Waals surface area contributed by atoms with E-state index in [1.54, 1.807) is 7.11 Å². The van der Waals surface area contributed by atoms with Gasteiger partial charge in [-0.1, -0.05) is 12.1 Å². The quantitative estimate of drug-likeness (QED) is 0.768. The van der Waals surface area contributed by atoms with Gasteiger partial charge in [-0.2, -0.15) is 0 Å². The molecule has 0 radical (unpaired) electrons. The second-order valence-corrected chi connectivity index (χ2v) is 5.47. The van der Waals surface area contributed by atoms with Crippen molar-refractivity contribution in [2.24, 2.45) is 0 Å². The van der Waals surface area contributed by atoms with E-state index in [0.717, 1.165) is 24.2 Å². The molecule has 20 heavy (non-hydrogen) atoms. The van der Waals surface area contributed by atoms with Gasteiger partial charge < -0.3 is 15.4 Å². The monoisotopic (exact) mass is 278 g/mol. The van der Waals surface area contributed by atoms with E-state index >= 15 is 0 Å². The van der Waals surface area contributed by atoms with Crippen LogP contribution in [0, 0.1) is 0 Å². The van der Waals surface area contributed by atoms with E-state index in [9.17, 15) is 4.79 Å². The smallest absolute Gasteiger partial charge is 0.224 e. The first kappa shape index (κ1) is 16.5. The van der Waals surface area contributed by atoms with Crippen LogP contribution in [0.5, 0.6) is 0 Å². The third kappa shape index (κ3) is 6.06. The summed E-state index contributed by atoms with van der Waals surface area (Å²) in [5.74, 6) is 0.0649. The maximum Gasteiger partial charge on any atom is 0.224 e. The number of rotatable bonds is 8. The predicted octanol–water partition coefficient (Wildman–Crippen LogP) is 2.59. The van der Waals surface area contributed by atoms with E-state index < -0.39 is 0 Å². The minimum atomic E-state index is -0.106. The molecule has 1 aromatic rings. The summed E-state index contributed by atoms with van der Waals surface area (Å²) >= 11 is 0. The predicted molar refractivity (Wildman–Crippen MR) is 83.0 cm³/mol. The third-order valence-electron chi connectivity index (χ3n) is 3.30. The molecule has 0 aliphatic heterocycles. The molecule has 1 rings (SSSR count). The molecule has 4 nitrogen and oxygen atoms in total. The highest BCUT2D eigenvalue weighted by atomic mass is 16.5. The van der Waals surface area contributed by atoms with Crippen LogP contribution in [0.2, 0.25) is 0 Å². The summed E-state index contributed by atoms with van der Waals surface area (Å²) in [5.41, 5.74) is 1.99. The van der Waals surface area contributed by atoms with Gasteiger partial charge in [0, 0.05) is 25.9 Å². The van der Waals surface area contributed by atoms with Crippen LogP contribution in [-0.4, -0.2) is 31.7 Å². The molecule has 2 N–H and O–H groups in total. The van der Waals surface area contributed by atoms with Crippen LogP contribution >= 0.6 is 0 Å². The van der Waals surface area contributed by atoms with E-state index in [2.05, 4.69) is 24.5 Å². The molecule has 0 bridgehead atoms. The number of benzene rings is 1. The summed E-state index contributed by atoms with van der Waals surface area (Å²) in [6.45, 7) is 7.60. The lowest BCUT2D eigenvalue weighted by Gasteiger charge is -2.23. The fraction of sp³-hybridized carbons (Fsp3) is 0.562. The van der Waals surface area contributed by atoms with Crippen molar-refractivity contribution in [1.29, 1.82) is 0 Å². The average molecular weight is 278 g/mol. The molecule has 0 saturated heterocycles. The topological polar surface area (TPSA) is 50.4 Å². The van der Waals surface area contributed by atoms with Gasteiger partial charge in [-0.25, -0.2) is 0 Å². The molecule has 1 amide bonds. The normalized spacial score (nSPS) is 11.2. The second-order valence-electron chi connectivity index (χ2n) is 5.47. The zero-order chi connectivity index (χ0) is 15.0. The van der Waals surface area contributed by atoms with Crippen molar-refractivity contribution in [2.45, 2.75) is 39.2 Å². The first-order chi connectivity index (χ1) is 9.46. The molecule has 1 aromatic carbocycles. The first-order valence-corrected chi connectivity index (χ1v) is 7.11. The van der Waals surface area contributed by atoms with Crippen molar-refractivity contribution in [3.63, 3.8) is 0 Å². The number of amides is 1. The molecule has 0 aromatic heterocycles. The highest BCUT2D eigenvalue weighted by Gasteiger charge is 2.15. The molecule has 4 heteroatoms. The molecule has 0 saturated carbocycles. The number of hydrogen-bond donors (Lipinski definition) is 2. The lowest BCUT2D eigenvalue weighted by molar-refractivity contribution is -0.120.